The lowest BCUT2D eigenvalue weighted by atomic mass is 10.1. The van der Waals surface area contributed by atoms with Crippen LogP contribution in [-0.2, 0) is 4.74 Å². The zero-order valence-electron chi connectivity index (χ0n) is 10.5. The van der Waals surface area contributed by atoms with Crippen molar-refractivity contribution < 1.29 is 4.74 Å². The van der Waals surface area contributed by atoms with Gasteiger partial charge >= 0.3 is 0 Å². The number of thiophene rings is 1. The molecule has 3 rings (SSSR count). The van der Waals surface area contributed by atoms with Gasteiger partial charge in [-0.2, -0.15) is 11.3 Å². The van der Waals surface area contributed by atoms with Gasteiger partial charge in [-0.1, -0.05) is 11.6 Å². The Labute approximate surface area is 121 Å². The van der Waals surface area contributed by atoms with Crippen molar-refractivity contribution in [3.63, 3.8) is 0 Å². The first-order valence-corrected chi connectivity index (χ1v) is 7.44. The van der Waals surface area contributed by atoms with E-state index >= 15 is 0 Å². The Hall–Kier alpha value is -1.17. The lowest BCUT2D eigenvalue weighted by molar-refractivity contribution is -0.0176. The van der Waals surface area contributed by atoms with Gasteiger partial charge in [0.1, 0.15) is 6.10 Å². The Balaban J connectivity index is 1.80. The molecular weight excluding hydrogens is 282 g/mol. The highest BCUT2D eigenvalue weighted by molar-refractivity contribution is 7.07. The lowest BCUT2D eigenvalue weighted by Crippen LogP contribution is -2.43. The smallest absolute Gasteiger partial charge is 0.225 e. The molecule has 1 aliphatic heterocycles. The van der Waals surface area contributed by atoms with Crippen LogP contribution in [-0.4, -0.2) is 29.2 Å². The molecule has 1 fully saturated rings. The summed E-state index contributed by atoms with van der Waals surface area (Å²) in [6.45, 7) is 3.63. The van der Waals surface area contributed by atoms with Crippen LogP contribution in [0.4, 0.5) is 5.95 Å². The number of morpholine rings is 1. The third-order valence-corrected chi connectivity index (χ3v) is 3.96. The minimum absolute atomic E-state index is 0.0780. The van der Waals surface area contributed by atoms with Crippen LogP contribution < -0.4 is 4.90 Å². The van der Waals surface area contributed by atoms with Gasteiger partial charge in [-0.25, -0.2) is 9.97 Å². The van der Waals surface area contributed by atoms with Crippen molar-refractivity contribution in [2.24, 2.45) is 0 Å². The molecule has 0 amide bonds. The van der Waals surface area contributed by atoms with E-state index in [4.69, 9.17) is 16.3 Å². The molecular formula is C13H14ClN3OS. The van der Waals surface area contributed by atoms with E-state index in [0.717, 1.165) is 13.1 Å². The molecule has 0 N–H and O–H groups in total. The van der Waals surface area contributed by atoms with E-state index in [1.165, 1.54) is 5.56 Å². The van der Waals surface area contributed by atoms with Crippen LogP contribution in [0.2, 0.25) is 5.02 Å². The van der Waals surface area contributed by atoms with Crippen LogP contribution in [0.1, 0.15) is 18.6 Å². The van der Waals surface area contributed by atoms with Gasteiger partial charge in [0.25, 0.3) is 0 Å². The zero-order chi connectivity index (χ0) is 13.2. The number of halogens is 1. The van der Waals surface area contributed by atoms with E-state index < -0.39 is 0 Å². The highest BCUT2D eigenvalue weighted by atomic mass is 35.5. The molecule has 0 spiro atoms. The number of nitrogens with zero attached hydrogens (tertiary/aromatic N) is 3. The topological polar surface area (TPSA) is 38.2 Å². The summed E-state index contributed by atoms with van der Waals surface area (Å²) >= 11 is 7.51. The third kappa shape index (κ3) is 2.88. The summed E-state index contributed by atoms with van der Waals surface area (Å²) in [6, 6.07) is 2.11. The van der Waals surface area contributed by atoms with Crippen molar-refractivity contribution in [1.29, 1.82) is 0 Å². The van der Waals surface area contributed by atoms with E-state index in [0.29, 0.717) is 11.0 Å². The van der Waals surface area contributed by atoms with Gasteiger partial charge in [-0.15, -0.1) is 0 Å². The van der Waals surface area contributed by atoms with Gasteiger partial charge in [-0.3, -0.25) is 0 Å². The molecule has 1 aliphatic rings. The van der Waals surface area contributed by atoms with Crippen molar-refractivity contribution >= 4 is 28.9 Å². The van der Waals surface area contributed by atoms with Crippen molar-refractivity contribution in [2.75, 3.05) is 18.0 Å². The predicted octanol–water partition coefficient (Wildman–Crippen LogP) is 3.16. The van der Waals surface area contributed by atoms with Crippen LogP contribution in [0, 0.1) is 0 Å². The fraction of sp³-hybridized carbons (Fsp3) is 0.385. The largest absolute Gasteiger partial charge is 0.367 e. The molecule has 4 nitrogen and oxygen atoms in total. The summed E-state index contributed by atoms with van der Waals surface area (Å²) < 4.78 is 5.99. The van der Waals surface area contributed by atoms with E-state index in [1.54, 1.807) is 23.7 Å². The molecule has 2 atom stereocenters. The van der Waals surface area contributed by atoms with E-state index in [9.17, 15) is 0 Å². The molecule has 19 heavy (non-hydrogen) atoms. The first-order chi connectivity index (χ1) is 9.22. The molecule has 0 saturated carbocycles. The van der Waals surface area contributed by atoms with E-state index in [1.807, 2.05) is 0 Å². The molecule has 0 radical (unpaired) electrons. The molecule has 0 bridgehead atoms. The molecule has 3 heterocycles. The second-order valence-electron chi connectivity index (χ2n) is 4.60. The molecule has 0 aromatic carbocycles. The fourth-order valence-electron chi connectivity index (χ4n) is 2.23. The van der Waals surface area contributed by atoms with Gasteiger partial charge in [0.05, 0.1) is 30.1 Å². The summed E-state index contributed by atoms with van der Waals surface area (Å²) in [5.41, 5.74) is 1.22. The Morgan fingerprint density at radius 1 is 1.37 bits per heavy atom. The van der Waals surface area contributed by atoms with E-state index in [-0.39, 0.29) is 12.2 Å². The van der Waals surface area contributed by atoms with Gasteiger partial charge < -0.3 is 9.64 Å². The summed E-state index contributed by atoms with van der Waals surface area (Å²) in [5, 5.41) is 4.75. The first kappa shape index (κ1) is 12.8. The van der Waals surface area contributed by atoms with E-state index in [2.05, 4.69) is 38.6 Å². The maximum atomic E-state index is 5.99. The molecule has 6 heteroatoms. The molecule has 0 aliphatic carbocycles. The summed E-state index contributed by atoms with van der Waals surface area (Å²) in [4.78, 5) is 10.7. The first-order valence-electron chi connectivity index (χ1n) is 6.12. The molecule has 2 unspecified atom stereocenters. The maximum absolute atomic E-state index is 5.99. The normalized spacial score (nSPS) is 23.6. The molecule has 2 aromatic heterocycles. The second kappa shape index (κ2) is 5.45. The van der Waals surface area contributed by atoms with Crippen LogP contribution in [0.3, 0.4) is 0 Å². The van der Waals surface area contributed by atoms with Gasteiger partial charge in [0, 0.05) is 6.54 Å². The van der Waals surface area contributed by atoms with Crippen LogP contribution in [0.5, 0.6) is 0 Å². The van der Waals surface area contributed by atoms with Crippen LogP contribution in [0.25, 0.3) is 0 Å². The summed E-state index contributed by atoms with van der Waals surface area (Å²) in [6.07, 6.45) is 3.49. The van der Waals surface area contributed by atoms with Gasteiger partial charge in [-0.05, 0) is 29.3 Å². The minimum atomic E-state index is 0.0780. The SMILES string of the molecule is CC1CN(c2ncc(Cl)cn2)CC(c2ccsc2)O1. The number of anilines is 1. The summed E-state index contributed by atoms with van der Waals surface area (Å²) in [5.74, 6) is 0.708. The minimum Gasteiger partial charge on any atom is -0.367 e. The van der Waals surface area contributed by atoms with Crippen molar-refractivity contribution in [3.05, 3.63) is 39.8 Å². The van der Waals surface area contributed by atoms with Gasteiger partial charge in [0.2, 0.25) is 5.95 Å². The van der Waals surface area contributed by atoms with Crippen molar-refractivity contribution in [3.8, 4) is 0 Å². The Bertz CT molecular complexity index is 531. The Morgan fingerprint density at radius 2 is 2.16 bits per heavy atom. The average Bonchev–Trinajstić information content (AvgIpc) is 2.93. The number of rotatable bonds is 2. The third-order valence-electron chi connectivity index (χ3n) is 3.06. The molecule has 2 aromatic rings. The Morgan fingerprint density at radius 3 is 2.84 bits per heavy atom. The monoisotopic (exact) mass is 295 g/mol. The van der Waals surface area contributed by atoms with Crippen LogP contribution in [0.15, 0.2) is 29.2 Å². The van der Waals surface area contributed by atoms with Crippen molar-refractivity contribution in [1.82, 2.24) is 9.97 Å². The fourth-order valence-corrected chi connectivity index (χ4v) is 3.03. The predicted molar refractivity (Wildman–Crippen MR) is 76.9 cm³/mol. The number of hydrogen-bond acceptors (Lipinski definition) is 5. The highest BCUT2D eigenvalue weighted by Crippen LogP contribution is 2.28. The maximum Gasteiger partial charge on any atom is 0.225 e. The highest BCUT2D eigenvalue weighted by Gasteiger charge is 2.28. The molecule has 1 saturated heterocycles. The number of aromatic nitrogens is 2. The molecule has 100 valence electrons. The zero-order valence-corrected chi connectivity index (χ0v) is 12.1. The standard InChI is InChI=1S/C13H14ClN3OS/c1-9-6-17(13-15-4-11(14)5-16-13)7-12(18-9)10-2-3-19-8-10/h2-5,8-9,12H,6-7H2,1H3. The van der Waals surface area contributed by atoms with Crippen LogP contribution >= 0.6 is 22.9 Å². The summed E-state index contributed by atoms with van der Waals surface area (Å²) in [7, 11) is 0. The second-order valence-corrected chi connectivity index (χ2v) is 5.81. The quantitative estimate of drug-likeness (QED) is 0.853. The number of ether oxygens (including phenoxy) is 1. The van der Waals surface area contributed by atoms with Crippen molar-refractivity contribution in [2.45, 2.75) is 19.1 Å². The number of hydrogen-bond donors (Lipinski definition) is 0. The Kier molecular flexibility index (Phi) is 3.68. The van der Waals surface area contributed by atoms with Gasteiger partial charge in [0.15, 0.2) is 0 Å². The average molecular weight is 296 g/mol. The lowest BCUT2D eigenvalue weighted by Gasteiger charge is -2.36.